The summed E-state index contributed by atoms with van der Waals surface area (Å²) in [6.07, 6.45) is -1.14. The van der Waals surface area contributed by atoms with E-state index in [0.29, 0.717) is 17.3 Å². The van der Waals surface area contributed by atoms with E-state index >= 15 is 0 Å². The number of nitro benzene ring substituents is 1. The van der Waals surface area contributed by atoms with Gasteiger partial charge in [0.2, 0.25) is 11.0 Å². The maximum Gasteiger partial charge on any atom is 0.359 e. The zero-order valence-corrected chi connectivity index (χ0v) is 25.0. The molecule has 0 bridgehead atoms. The number of β-lactam (4-membered cyclic amide) rings is 1. The number of aliphatic hydroxyl groups is 1. The van der Waals surface area contributed by atoms with Crippen molar-refractivity contribution < 1.29 is 43.4 Å². The highest BCUT2D eigenvalue weighted by atomic mass is 35.5. The van der Waals surface area contributed by atoms with Crippen LogP contribution in [-0.2, 0) is 30.5 Å². The third-order valence-electron chi connectivity index (χ3n) is 5.73. The second kappa shape index (κ2) is 13.0. The zero-order valence-electron chi connectivity index (χ0n) is 22.6. The molecule has 0 unspecified atom stereocenters. The molecule has 2 aromatic rings. The molecule has 1 N–H and O–H groups in total. The van der Waals surface area contributed by atoms with E-state index in [-0.39, 0.29) is 28.0 Å². The summed E-state index contributed by atoms with van der Waals surface area (Å²) < 4.78 is 16.2. The van der Waals surface area contributed by atoms with Crippen molar-refractivity contribution in [2.24, 2.45) is 11.3 Å². The lowest BCUT2D eigenvalue weighted by molar-refractivity contribution is -0.384. The molecule has 1 saturated heterocycles. The Hall–Kier alpha value is -3.46. The lowest BCUT2D eigenvalue weighted by atomic mass is 9.92. The SMILES string of the molecule is COC(=O)c1sccc1OC(SC(=O)C(C)(C)C)=C(C(=O)OCc1ccc([N+](=O)[O-])cc1)N1C(=O)[C@H]([C@@H](C)O)[C@@H]1Cl. The molecule has 12 nitrogen and oxygen atoms in total. The molecule has 2 heterocycles. The van der Waals surface area contributed by atoms with Crippen molar-refractivity contribution in [2.75, 3.05) is 7.11 Å². The van der Waals surface area contributed by atoms with Crippen LogP contribution < -0.4 is 4.74 Å². The number of carbonyl (C=O) groups is 4. The first-order chi connectivity index (χ1) is 19.2. The van der Waals surface area contributed by atoms with Crippen LogP contribution in [0, 0.1) is 21.4 Å². The molecule has 0 saturated carbocycles. The fourth-order valence-electron chi connectivity index (χ4n) is 3.43. The highest BCUT2D eigenvalue weighted by molar-refractivity contribution is 8.16. The monoisotopic (exact) mass is 626 g/mol. The summed E-state index contributed by atoms with van der Waals surface area (Å²) >= 11 is 7.95. The van der Waals surface area contributed by atoms with Crippen LogP contribution in [0.2, 0.25) is 0 Å². The van der Waals surface area contributed by atoms with Crippen LogP contribution in [0.5, 0.6) is 5.75 Å². The van der Waals surface area contributed by atoms with Crippen LogP contribution in [0.15, 0.2) is 46.5 Å². The van der Waals surface area contributed by atoms with Crippen molar-refractivity contribution in [1.29, 1.82) is 0 Å². The molecule has 1 aliphatic heterocycles. The number of carbonyl (C=O) groups excluding carboxylic acids is 4. The highest BCUT2D eigenvalue weighted by Gasteiger charge is 2.53. The van der Waals surface area contributed by atoms with Crippen LogP contribution in [0.3, 0.4) is 0 Å². The number of thioether (sulfide) groups is 1. The number of halogens is 1. The Morgan fingerprint density at radius 1 is 1.22 bits per heavy atom. The molecule has 1 amide bonds. The Kier molecular flexibility index (Phi) is 10.2. The average Bonchev–Trinajstić information content (AvgIpc) is 3.37. The summed E-state index contributed by atoms with van der Waals surface area (Å²) in [6.45, 7) is 5.93. The fourth-order valence-corrected chi connectivity index (χ4v) is 5.56. The van der Waals surface area contributed by atoms with E-state index in [1.54, 1.807) is 20.8 Å². The van der Waals surface area contributed by atoms with Gasteiger partial charge in [0, 0.05) is 17.5 Å². The van der Waals surface area contributed by atoms with Gasteiger partial charge in [-0.1, -0.05) is 32.4 Å². The number of aliphatic hydroxyl groups excluding tert-OH is 1. The molecule has 1 aliphatic rings. The number of nitrogens with zero attached hydrogens (tertiary/aromatic N) is 2. The Bertz CT molecular complexity index is 1380. The molecule has 41 heavy (non-hydrogen) atoms. The van der Waals surface area contributed by atoms with Gasteiger partial charge in [0.25, 0.3) is 5.69 Å². The van der Waals surface area contributed by atoms with Gasteiger partial charge in [0.05, 0.1) is 24.1 Å². The van der Waals surface area contributed by atoms with Crippen molar-refractivity contribution in [2.45, 2.75) is 45.9 Å². The molecule has 1 aromatic carbocycles. The molecule has 1 fully saturated rings. The first kappa shape index (κ1) is 32.1. The number of hydrogen-bond acceptors (Lipinski definition) is 12. The van der Waals surface area contributed by atoms with Crippen molar-refractivity contribution in [1.82, 2.24) is 4.90 Å². The molecule has 0 aliphatic carbocycles. The normalized spacial score (nSPS) is 18.1. The maximum atomic E-state index is 13.6. The third kappa shape index (κ3) is 7.25. The number of esters is 2. The van der Waals surface area contributed by atoms with E-state index in [0.717, 1.165) is 16.2 Å². The number of non-ortho nitro benzene ring substituents is 1. The predicted molar refractivity (Wildman–Crippen MR) is 150 cm³/mol. The average molecular weight is 627 g/mol. The van der Waals surface area contributed by atoms with Gasteiger partial charge in [-0.05, 0) is 47.8 Å². The van der Waals surface area contributed by atoms with Crippen LogP contribution in [0.25, 0.3) is 0 Å². The Balaban J connectivity index is 2.09. The minimum atomic E-state index is -1.20. The molecule has 3 rings (SSSR count). The largest absolute Gasteiger partial charge is 0.465 e. The summed E-state index contributed by atoms with van der Waals surface area (Å²) in [5.74, 6) is -3.65. The predicted octanol–water partition coefficient (Wildman–Crippen LogP) is 4.44. The smallest absolute Gasteiger partial charge is 0.359 e. The lowest BCUT2D eigenvalue weighted by Gasteiger charge is -2.45. The van der Waals surface area contributed by atoms with Gasteiger partial charge < -0.3 is 19.3 Å². The van der Waals surface area contributed by atoms with Crippen molar-refractivity contribution in [3.8, 4) is 5.75 Å². The highest BCUT2D eigenvalue weighted by Crippen LogP contribution is 2.42. The molecule has 0 radical (unpaired) electrons. The topological polar surface area (TPSA) is 163 Å². The summed E-state index contributed by atoms with van der Waals surface area (Å²) in [5.41, 5.74) is -2.40. The van der Waals surface area contributed by atoms with Gasteiger partial charge in [0.1, 0.15) is 12.1 Å². The van der Waals surface area contributed by atoms with Crippen molar-refractivity contribution in [3.05, 3.63) is 67.1 Å². The fraction of sp³-hybridized carbons (Fsp3) is 0.385. The minimum Gasteiger partial charge on any atom is -0.465 e. The number of amides is 1. The van der Waals surface area contributed by atoms with Gasteiger partial charge in [0.15, 0.2) is 21.4 Å². The standard InChI is InChI=1S/C26H27ClN2O10S2/c1-13(30)17-20(27)28(21(17)31)18(22(32)38-12-14-6-8-15(9-7-14)29(35)36)24(41-25(34)26(2,3)4)39-16-10-11-40-19(16)23(33)37-5/h6-11,13,17,20,30H,12H2,1-5H3/t13-,17-,20-/m1/s1. The number of alkyl halides is 1. The van der Waals surface area contributed by atoms with Crippen LogP contribution in [0.4, 0.5) is 5.69 Å². The first-order valence-corrected chi connectivity index (χ1v) is 14.2. The van der Waals surface area contributed by atoms with Gasteiger partial charge in [-0.2, -0.15) is 0 Å². The number of ether oxygens (including phenoxy) is 3. The Morgan fingerprint density at radius 2 is 1.85 bits per heavy atom. The van der Waals surface area contributed by atoms with Crippen molar-refractivity contribution >= 4 is 63.3 Å². The summed E-state index contributed by atoms with van der Waals surface area (Å²) in [4.78, 5) is 63.3. The molecule has 3 atom stereocenters. The van der Waals surface area contributed by atoms with E-state index < -0.39 is 56.5 Å². The van der Waals surface area contributed by atoms with Crippen LogP contribution in [0.1, 0.15) is 42.9 Å². The second-order valence-corrected chi connectivity index (χ2v) is 12.1. The van der Waals surface area contributed by atoms with Gasteiger partial charge >= 0.3 is 11.9 Å². The molecule has 220 valence electrons. The number of hydrogen-bond donors (Lipinski definition) is 1. The van der Waals surface area contributed by atoms with Gasteiger partial charge in [-0.15, -0.1) is 11.3 Å². The molecule has 0 spiro atoms. The van der Waals surface area contributed by atoms with Gasteiger partial charge in [-0.3, -0.25) is 24.6 Å². The minimum absolute atomic E-state index is 0.0339. The maximum absolute atomic E-state index is 13.6. The zero-order chi connectivity index (χ0) is 30.6. The molecule has 15 heteroatoms. The number of benzene rings is 1. The number of thiophene rings is 1. The number of nitro groups is 1. The summed E-state index contributed by atoms with van der Waals surface area (Å²) in [6, 6.07) is 6.67. The van der Waals surface area contributed by atoms with E-state index in [1.807, 2.05) is 0 Å². The number of rotatable bonds is 10. The molecular weight excluding hydrogens is 600 g/mol. The Labute approximate surface area is 248 Å². The quantitative estimate of drug-likeness (QED) is 0.0579. The van der Waals surface area contributed by atoms with E-state index in [1.165, 1.54) is 49.7 Å². The van der Waals surface area contributed by atoms with Crippen molar-refractivity contribution in [3.63, 3.8) is 0 Å². The number of methoxy groups -OCH3 is 1. The molecule has 1 aromatic heterocycles. The second-order valence-electron chi connectivity index (χ2n) is 9.83. The lowest BCUT2D eigenvalue weighted by Crippen LogP contribution is -2.62. The van der Waals surface area contributed by atoms with E-state index in [9.17, 15) is 34.4 Å². The van der Waals surface area contributed by atoms with Crippen LogP contribution in [-0.4, -0.2) is 56.6 Å². The van der Waals surface area contributed by atoms with E-state index in [4.69, 9.17) is 25.8 Å². The van der Waals surface area contributed by atoms with Crippen LogP contribution >= 0.6 is 34.7 Å². The number of likely N-dealkylation sites (tertiary alicyclic amines) is 1. The summed E-state index contributed by atoms with van der Waals surface area (Å²) in [7, 11) is 1.18. The summed E-state index contributed by atoms with van der Waals surface area (Å²) in [5, 5.41) is 21.7. The third-order valence-corrected chi connectivity index (χ3v) is 8.33. The first-order valence-electron chi connectivity index (χ1n) is 12.0. The molecular formula is C26H27ClN2O10S2. The van der Waals surface area contributed by atoms with E-state index in [2.05, 4.69) is 0 Å². The Morgan fingerprint density at radius 3 is 2.37 bits per heavy atom. The van der Waals surface area contributed by atoms with Gasteiger partial charge in [-0.25, -0.2) is 9.59 Å².